The molecule has 3 aromatic rings. The van der Waals surface area contributed by atoms with Gasteiger partial charge in [-0.3, -0.25) is 10.1 Å². The number of nitrogens with two attached hydrogens (primary N) is 1. The van der Waals surface area contributed by atoms with Crippen LogP contribution < -0.4 is 5.73 Å². The van der Waals surface area contributed by atoms with Gasteiger partial charge in [-0.2, -0.15) is 4.98 Å². The summed E-state index contributed by atoms with van der Waals surface area (Å²) in [6, 6.07) is 6.34. The number of nitro benzene ring substituents is 1. The molecule has 0 spiro atoms. The Kier molecular flexibility index (Phi) is 3.00. The number of thiophene rings is 1. The highest BCUT2D eigenvalue weighted by molar-refractivity contribution is 7.18. The van der Waals surface area contributed by atoms with Gasteiger partial charge < -0.3 is 5.73 Å². The third kappa shape index (κ3) is 2.06. The van der Waals surface area contributed by atoms with Gasteiger partial charge in [-0.05, 0) is 17.2 Å². The monoisotopic (exact) mass is 306 g/mol. The predicted octanol–water partition coefficient (Wildman–Crippen LogP) is 3.50. The number of hydrogen-bond acceptors (Lipinski definition) is 6. The van der Waals surface area contributed by atoms with Crippen molar-refractivity contribution in [3.8, 4) is 11.1 Å². The Bertz CT molecular complexity index is 833. The summed E-state index contributed by atoms with van der Waals surface area (Å²) < 4.78 is 0.718. The number of nitrogens with zero attached hydrogens (tertiary/aromatic N) is 3. The molecule has 0 amide bonds. The van der Waals surface area contributed by atoms with E-state index in [9.17, 15) is 10.1 Å². The molecule has 0 radical (unpaired) electrons. The Morgan fingerprint density at radius 2 is 2.15 bits per heavy atom. The maximum absolute atomic E-state index is 10.8. The summed E-state index contributed by atoms with van der Waals surface area (Å²) in [7, 11) is 0. The molecule has 0 saturated carbocycles. The lowest BCUT2D eigenvalue weighted by Gasteiger charge is -2.01. The van der Waals surface area contributed by atoms with Gasteiger partial charge in [-0.1, -0.05) is 12.1 Å². The fraction of sp³-hybridized carbons (Fsp3) is 0. The van der Waals surface area contributed by atoms with Crippen molar-refractivity contribution < 1.29 is 4.92 Å². The van der Waals surface area contributed by atoms with E-state index >= 15 is 0 Å². The smallest absolute Gasteiger partial charge is 0.270 e. The molecule has 2 N–H and O–H groups in total. The molecule has 0 atom stereocenters. The topological polar surface area (TPSA) is 94.9 Å². The Morgan fingerprint density at radius 3 is 2.90 bits per heavy atom. The highest BCUT2D eigenvalue weighted by Gasteiger charge is 2.14. The number of non-ortho nitro benzene ring substituents is 1. The van der Waals surface area contributed by atoms with E-state index in [2.05, 4.69) is 9.97 Å². The number of nitrogen functional groups attached to an aromatic ring is 1. The molecule has 0 unspecified atom stereocenters. The lowest BCUT2D eigenvalue weighted by molar-refractivity contribution is -0.384. The van der Waals surface area contributed by atoms with Crippen molar-refractivity contribution in [1.29, 1.82) is 0 Å². The van der Waals surface area contributed by atoms with Gasteiger partial charge in [0.2, 0.25) is 5.28 Å². The van der Waals surface area contributed by atoms with Crippen molar-refractivity contribution in [2.45, 2.75) is 0 Å². The van der Waals surface area contributed by atoms with Crippen molar-refractivity contribution in [3.05, 3.63) is 45.0 Å². The minimum atomic E-state index is -0.436. The summed E-state index contributed by atoms with van der Waals surface area (Å²) >= 11 is 7.20. The van der Waals surface area contributed by atoms with Crippen molar-refractivity contribution >= 4 is 44.7 Å². The number of halogens is 1. The number of nitro groups is 1. The summed E-state index contributed by atoms with van der Waals surface area (Å²) in [5.41, 5.74) is 7.87. The first-order valence-corrected chi connectivity index (χ1v) is 6.77. The molecule has 0 saturated heterocycles. The molecule has 3 rings (SSSR count). The molecular formula is C12H7ClN4O2S. The summed E-state index contributed by atoms with van der Waals surface area (Å²) in [5, 5.41) is 12.7. The van der Waals surface area contributed by atoms with Gasteiger partial charge in [-0.25, -0.2) is 4.98 Å². The van der Waals surface area contributed by atoms with Crippen molar-refractivity contribution in [1.82, 2.24) is 9.97 Å². The van der Waals surface area contributed by atoms with Crippen LogP contribution in [0.25, 0.3) is 21.3 Å². The van der Waals surface area contributed by atoms with Gasteiger partial charge in [0.15, 0.2) is 0 Å². The van der Waals surface area contributed by atoms with Crippen LogP contribution in [0.15, 0.2) is 29.6 Å². The highest BCUT2D eigenvalue weighted by atomic mass is 35.5. The Morgan fingerprint density at radius 1 is 1.35 bits per heavy atom. The molecule has 2 heterocycles. The minimum absolute atomic E-state index is 0.0231. The standard InChI is InChI=1S/C12H7ClN4O2S/c13-12-15-9-8(5-20-10(9)11(14)16-12)6-2-1-3-7(4-6)17(18)19/h1-5H,(H2,14,15,16). The average Bonchev–Trinajstić information content (AvgIpc) is 2.82. The first kappa shape index (κ1) is 12.8. The van der Waals surface area contributed by atoms with E-state index in [1.54, 1.807) is 12.1 Å². The molecule has 0 aliphatic carbocycles. The van der Waals surface area contributed by atoms with Gasteiger partial charge in [0.05, 0.1) is 15.1 Å². The summed E-state index contributed by atoms with van der Waals surface area (Å²) in [5.74, 6) is 0.307. The van der Waals surface area contributed by atoms with Gasteiger partial charge in [-0.15, -0.1) is 11.3 Å². The van der Waals surface area contributed by atoms with Gasteiger partial charge in [0, 0.05) is 23.1 Å². The van der Waals surface area contributed by atoms with E-state index < -0.39 is 4.92 Å². The van der Waals surface area contributed by atoms with E-state index in [-0.39, 0.29) is 11.0 Å². The largest absolute Gasteiger partial charge is 0.382 e. The summed E-state index contributed by atoms with van der Waals surface area (Å²) in [4.78, 5) is 18.5. The van der Waals surface area contributed by atoms with Crippen LogP contribution >= 0.6 is 22.9 Å². The molecule has 8 heteroatoms. The van der Waals surface area contributed by atoms with Crippen LogP contribution in [0.2, 0.25) is 5.28 Å². The van der Waals surface area contributed by atoms with Crippen LogP contribution in [0.4, 0.5) is 11.5 Å². The van der Waals surface area contributed by atoms with Gasteiger partial charge in [0.25, 0.3) is 5.69 Å². The molecule has 100 valence electrons. The molecule has 2 aromatic heterocycles. The highest BCUT2D eigenvalue weighted by Crippen LogP contribution is 2.36. The zero-order valence-electron chi connectivity index (χ0n) is 9.91. The molecule has 0 aliphatic heterocycles. The molecule has 0 aliphatic rings. The Labute approximate surface area is 122 Å². The van der Waals surface area contributed by atoms with E-state index in [0.29, 0.717) is 16.9 Å². The number of benzene rings is 1. The van der Waals surface area contributed by atoms with Crippen LogP contribution in [0.3, 0.4) is 0 Å². The summed E-state index contributed by atoms with van der Waals surface area (Å²) in [6.07, 6.45) is 0. The van der Waals surface area contributed by atoms with Crippen molar-refractivity contribution in [3.63, 3.8) is 0 Å². The molecule has 6 nitrogen and oxygen atoms in total. The fourth-order valence-electron chi connectivity index (χ4n) is 1.90. The number of aromatic nitrogens is 2. The number of fused-ring (bicyclic) bond motifs is 1. The SMILES string of the molecule is Nc1nc(Cl)nc2c(-c3cccc([N+](=O)[O-])c3)csc12. The number of rotatable bonds is 2. The average molecular weight is 307 g/mol. The first-order valence-electron chi connectivity index (χ1n) is 5.51. The van der Waals surface area contributed by atoms with Crippen LogP contribution in [-0.4, -0.2) is 14.9 Å². The van der Waals surface area contributed by atoms with E-state index in [1.165, 1.54) is 23.5 Å². The van der Waals surface area contributed by atoms with Crippen LogP contribution in [0, 0.1) is 10.1 Å². The maximum atomic E-state index is 10.8. The number of anilines is 1. The lowest BCUT2D eigenvalue weighted by atomic mass is 10.1. The van der Waals surface area contributed by atoms with Crippen molar-refractivity contribution in [2.24, 2.45) is 0 Å². The van der Waals surface area contributed by atoms with Crippen LogP contribution in [0.1, 0.15) is 0 Å². The second-order valence-corrected chi connectivity index (χ2v) is 5.23. The molecule has 20 heavy (non-hydrogen) atoms. The zero-order chi connectivity index (χ0) is 14.3. The summed E-state index contributed by atoms with van der Waals surface area (Å²) in [6.45, 7) is 0. The van der Waals surface area contributed by atoms with Crippen molar-refractivity contribution in [2.75, 3.05) is 5.73 Å². The minimum Gasteiger partial charge on any atom is -0.382 e. The van der Waals surface area contributed by atoms with Gasteiger partial charge in [0.1, 0.15) is 5.82 Å². The van der Waals surface area contributed by atoms with Crippen LogP contribution in [-0.2, 0) is 0 Å². The second-order valence-electron chi connectivity index (χ2n) is 4.01. The molecule has 0 bridgehead atoms. The second kappa shape index (κ2) is 4.69. The lowest BCUT2D eigenvalue weighted by Crippen LogP contribution is -1.93. The molecule has 0 fully saturated rings. The maximum Gasteiger partial charge on any atom is 0.270 e. The molecule has 1 aromatic carbocycles. The van der Waals surface area contributed by atoms with Gasteiger partial charge >= 0.3 is 0 Å². The predicted molar refractivity (Wildman–Crippen MR) is 78.9 cm³/mol. The third-order valence-electron chi connectivity index (χ3n) is 2.78. The first-order chi connectivity index (χ1) is 9.56. The van der Waals surface area contributed by atoms with E-state index in [1.807, 2.05) is 5.38 Å². The third-order valence-corrected chi connectivity index (χ3v) is 3.94. The van der Waals surface area contributed by atoms with E-state index in [0.717, 1.165) is 10.3 Å². The normalized spacial score (nSPS) is 10.8. The van der Waals surface area contributed by atoms with E-state index in [4.69, 9.17) is 17.3 Å². The quantitative estimate of drug-likeness (QED) is 0.444. The number of hydrogen-bond donors (Lipinski definition) is 1. The Balaban J connectivity index is 2.25. The zero-order valence-corrected chi connectivity index (χ0v) is 11.5. The molecular weight excluding hydrogens is 300 g/mol. The van der Waals surface area contributed by atoms with Crippen LogP contribution in [0.5, 0.6) is 0 Å². The fourth-order valence-corrected chi connectivity index (χ4v) is 3.00. The Hall–Kier alpha value is -2.25.